The predicted molar refractivity (Wildman–Crippen MR) is 140 cm³/mol. The lowest BCUT2D eigenvalue weighted by molar-refractivity contribution is -0.118. The predicted octanol–water partition coefficient (Wildman–Crippen LogP) is 6.24. The normalized spacial score (nSPS) is 12.0. The Bertz CT molecular complexity index is 1280. The number of thioether (sulfide) groups is 1. The van der Waals surface area contributed by atoms with Crippen LogP contribution in [0.2, 0.25) is 0 Å². The van der Waals surface area contributed by atoms with Gasteiger partial charge in [0, 0.05) is 22.6 Å². The highest BCUT2D eigenvalue weighted by molar-refractivity contribution is 8.01. The monoisotopic (exact) mass is 476 g/mol. The number of hydrogen-bond acceptors (Lipinski definition) is 5. The minimum absolute atomic E-state index is 0.126. The summed E-state index contributed by atoms with van der Waals surface area (Å²) in [6.07, 6.45) is 1.71. The van der Waals surface area contributed by atoms with Crippen LogP contribution in [0.1, 0.15) is 43.3 Å². The Kier molecular flexibility index (Phi) is 6.72. The highest BCUT2D eigenvalue weighted by atomic mass is 32.2. The zero-order valence-electron chi connectivity index (χ0n) is 19.5. The molecule has 5 nitrogen and oxygen atoms in total. The van der Waals surface area contributed by atoms with E-state index in [4.69, 9.17) is 0 Å². The van der Waals surface area contributed by atoms with E-state index in [2.05, 4.69) is 85.0 Å². The second-order valence-electron chi connectivity index (χ2n) is 8.99. The fraction of sp³-hybridized carbons (Fsp3) is 0.269. The number of aromatic nitrogens is 2. The molecule has 0 saturated carbocycles. The molecule has 0 saturated heterocycles. The van der Waals surface area contributed by atoms with Gasteiger partial charge in [-0.05, 0) is 55.2 Å². The van der Waals surface area contributed by atoms with Gasteiger partial charge in [-0.25, -0.2) is 10.4 Å². The largest absolute Gasteiger partial charge is 0.318 e. The molecule has 0 fully saturated rings. The first-order chi connectivity index (χ1) is 15.7. The van der Waals surface area contributed by atoms with Gasteiger partial charge < -0.3 is 4.57 Å². The summed E-state index contributed by atoms with van der Waals surface area (Å²) >= 11 is 3.02. The quantitative estimate of drug-likeness (QED) is 0.203. The molecule has 0 atom stereocenters. The third kappa shape index (κ3) is 5.37. The Morgan fingerprint density at radius 1 is 1.15 bits per heavy atom. The van der Waals surface area contributed by atoms with E-state index in [0.717, 1.165) is 37.2 Å². The number of hydrogen-bond donors (Lipinski definition) is 1. The number of amides is 1. The maximum Gasteiger partial charge on any atom is 0.250 e. The van der Waals surface area contributed by atoms with Crippen LogP contribution >= 0.6 is 23.1 Å². The third-order valence-corrected chi connectivity index (χ3v) is 7.64. The Hall–Kier alpha value is -2.90. The van der Waals surface area contributed by atoms with E-state index in [9.17, 15) is 4.79 Å². The Labute approximate surface area is 202 Å². The van der Waals surface area contributed by atoms with Crippen LogP contribution in [0.15, 0.2) is 64.0 Å². The second kappa shape index (κ2) is 9.53. The fourth-order valence-electron chi connectivity index (χ4n) is 3.67. The highest BCUT2D eigenvalue weighted by Crippen LogP contribution is 2.29. The molecule has 0 bridgehead atoms. The van der Waals surface area contributed by atoms with E-state index in [-0.39, 0.29) is 17.1 Å². The Morgan fingerprint density at radius 2 is 1.88 bits per heavy atom. The summed E-state index contributed by atoms with van der Waals surface area (Å²) in [6, 6.07) is 18.7. The minimum atomic E-state index is -0.151. The van der Waals surface area contributed by atoms with E-state index >= 15 is 0 Å². The van der Waals surface area contributed by atoms with Crippen molar-refractivity contribution in [3.05, 3.63) is 77.1 Å². The lowest BCUT2D eigenvalue weighted by Gasteiger charge is -2.20. The number of aryl methyl sites for hydroxylation is 1. The summed E-state index contributed by atoms with van der Waals surface area (Å²) in [4.78, 5) is 16.8. The lowest BCUT2D eigenvalue weighted by Crippen LogP contribution is -2.19. The fourth-order valence-corrected chi connectivity index (χ4v) is 5.53. The van der Waals surface area contributed by atoms with E-state index in [0.29, 0.717) is 0 Å². The number of nitrogens with one attached hydrogen (secondary N) is 1. The first kappa shape index (κ1) is 23.3. The molecule has 33 heavy (non-hydrogen) atoms. The van der Waals surface area contributed by atoms with E-state index in [1.54, 1.807) is 17.6 Å². The molecule has 0 spiro atoms. The maximum atomic E-state index is 12.2. The van der Waals surface area contributed by atoms with Crippen molar-refractivity contribution in [2.75, 3.05) is 5.75 Å². The molecule has 2 aromatic carbocycles. The zero-order valence-corrected chi connectivity index (χ0v) is 21.2. The summed E-state index contributed by atoms with van der Waals surface area (Å²) in [6.45, 7) is 10.8. The molecule has 0 aliphatic carbocycles. The van der Waals surface area contributed by atoms with E-state index in [1.807, 2.05) is 24.3 Å². The van der Waals surface area contributed by atoms with Crippen LogP contribution in [0.4, 0.5) is 0 Å². The highest BCUT2D eigenvalue weighted by Gasteiger charge is 2.15. The van der Waals surface area contributed by atoms with Crippen molar-refractivity contribution in [1.82, 2.24) is 15.0 Å². The molecule has 0 aliphatic rings. The number of para-hydroxylation sites is 1. The van der Waals surface area contributed by atoms with E-state index in [1.165, 1.54) is 17.3 Å². The summed E-state index contributed by atoms with van der Waals surface area (Å²) < 4.78 is 4.22. The average molecular weight is 477 g/mol. The molecule has 0 unspecified atom stereocenters. The number of fused-ring (bicyclic) bond motifs is 1. The van der Waals surface area contributed by atoms with Gasteiger partial charge in [0.25, 0.3) is 5.91 Å². The van der Waals surface area contributed by atoms with Gasteiger partial charge in [-0.3, -0.25) is 4.79 Å². The third-order valence-electron chi connectivity index (χ3n) is 5.46. The molecule has 4 rings (SSSR count). The van der Waals surface area contributed by atoms with Crippen LogP contribution in [-0.4, -0.2) is 27.4 Å². The number of benzene rings is 2. The lowest BCUT2D eigenvalue weighted by atomic mass is 9.87. The smallest absolute Gasteiger partial charge is 0.250 e. The number of nitrogens with zero attached hydrogens (tertiary/aromatic N) is 3. The van der Waals surface area contributed by atoms with Crippen LogP contribution in [0.3, 0.4) is 0 Å². The number of hydrazone groups is 1. The second-order valence-corrected chi connectivity index (χ2v) is 11.2. The molecule has 1 N–H and O–H groups in total. The Morgan fingerprint density at radius 3 is 2.58 bits per heavy atom. The van der Waals surface area contributed by atoms with Crippen molar-refractivity contribution < 1.29 is 4.79 Å². The van der Waals surface area contributed by atoms with Crippen LogP contribution in [0.5, 0.6) is 0 Å². The summed E-state index contributed by atoms with van der Waals surface area (Å²) in [7, 11) is 0. The number of carbonyl (C=O) groups is 1. The van der Waals surface area contributed by atoms with Gasteiger partial charge in [-0.2, -0.15) is 5.10 Å². The van der Waals surface area contributed by atoms with Crippen LogP contribution < -0.4 is 5.43 Å². The SMILES string of the molecule is Cc1cc(/C=N/NC(=O)CSc2nc3ccccc3s2)c(C)n1-c1ccc(C(C)(C)C)cc1. The molecular weight excluding hydrogens is 448 g/mol. The van der Waals surface area contributed by atoms with Crippen molar-refractivity contribution >= 4 is 45.4 Å². The number of rotatable bonds is 6. The van der Waals surface area contributed by atoms with Crippen molar-refractivity contribution in [2.24, 2.45) is 5.10 Å². The van der Waals surface area contributed by atoms with Crippen LogP contribution in [-0.2, 0) is 10.2 Å². The molecular formula is C26H28N4OS2. The molecule has 170 valence electrons. The number of thiazole rings is 1. The van der Waals surface area contributed by atoms with Gasteiger partial charge in [0.1, 0.15) is 0 Å². The molecule has 7 heteroatoms. The molecule has 4 aromatic rings. The van der Waals surface area contributed by atoms with Gasteiger partial charge in [0.05, 0.1) is 22.2 Å². The first-order valence-electron chi connectivity index (χ1n) is 10.8. The van der Waals surface area contributed by atoms with Gasteiger partial charge in [0.2, 0.25) is 0 Å². The summed E-state index contributed by atoms with van der Waals surface area (Å²) in [5.41, 5.74) is 9.33. The maximum absolute atomic E-state index is 12.2. The van der Waals surface area contributed by atoms with Gasteiger partial charge in [0.15, 0.2) is 4.34 Å². The molecule has 0 radical (unpaired) electrons. The van der Waals surface area contributed by atoms with Gasteiger partial charge in [-0.15, -0.1) is 11.3 Å². The first-order valence-corrected chi connectivity index (χ1v) is 12.6. The Balaban J connectivity index is 1.38. The summed E-state index contributed by atoms with van der Waals surface area (Å²) in [5, 5.41) is 4.18. The zero-order chi connectivity index (χ0) is 23.6. The van der Waals surface area contributed by atoms with Gasteiger partial charge >= 0.3 is 0 Å². The standard InChI is InChI=1S/C26H28N4OS2/c1-17-14-19(18(2)30(17)21-12-10-20(11-13-21)26(3,4)5)15-27-29-24(31)16-32-25-28-22-8-6-7-9-23(22)33-25/h6-15H,16H2,1-5H3,(H,29,31)/b27-15+. The van der Waals surface area contributed by atoms with Crippen molar-refractivity contribution in [3.8, 4) is 5.69 Å². The topological polar surface area (TPSA) is 59.3 Å². The summed E-state index contributed by atoms with van der Waals surface area (Å²) in [5.74, 6) is 0.123. The molecule has 1 amide bonds. The van der Waals surface area contributed by atoms with Crippen LogP contribution in [0.25, 0.3) is 15.9 Å². The average Bonchev–Trinajstić information content (AvgIpc) is 3.31. The molecule has 2 aromatic heterocycles. The van der Waals surface area contributed by atoms with Crippen molar-refractivity contribution in [3.63, 3.8) is 0 Å². The van der Waals surface area contributed by atoms with Crippen molar-refractivity contribution in [1.29, 1.82) is 0 Å². The molecule has 0 aliphatic heterocycles. The molecule has 2 heterocycles. The van der Waals surface area contributed by atoms with Gasteiger partial charge in [-0.1, -0.05) is 56.8 Å². The van der Waals surface area contributed by atoms with Crippen LogP contribution in [0, 0.1) is 13.8 Å². The van der Waals surface area contributed by atoms with Crippen molar-refractivity contribution in [2.45, 2.75) is 44.4 Å². The number of carbonyl (C=O) groups excluding carboxylic acids is 1. The van der Waals surface area contributed by atoms with E-state index < -0.39 is 0 Å². The minimum Gasteiger partial charge on any atom is -0.318 e.